The van der Waals surface area contributed by atoms with Crippen molar-refractivity contribution in [3.05, 3.63) is 70.6 Å². The average Bonchev–Trinajstić information content (AvgIpc) is 3.29. The third kappa shape index (κ3) is 4.34. The van der Waals surface area contributed by atoms with Crippen LogP contribution < -0.4 is 4.90 Å². The zero-order valence-corrected chi connectivity index (χ0v) is 18.2. The highest BCUT2D eigenvalue weighted by atomic mass is 19.4. The number of aromatic nitrogens is 4. The number of halogens is 3. The Hall–Kier alpha value is -3.29. The topological polar surface area (TPSA) is 64.0 Å². The largest absolute Gasteiger partial charge is 0.419 e. The lowest BCUT2D eigenvalue weighted by atomic mass is 9.99. The third-order valence-corrected chi connectivity index (χ3v) is 5.92. The molecule has 0 bridgehead atoms. The number of anilines is 1. The second kappa shape index (κ2) is 8.24. The minimum atomic E-state index is -4.40. The van der Waals surface area contributed by atoms with Crippen molar-refractivity contribution in [3.8, 4) is 0 Å². The van der Waals surface area contributed by atoms with Crippen molar-refractivity contribution < 1.29 is 17.9 Å². The first kappa shape index (κ1) is 21.6. The zero-order valence-electron chi connectivity index (χ0n) is 18.2. The van der Waals surface area contributed by atoms with E-state index in [0.717, 1.165) is 17.0 Å². The Morgan fingerprint density at radius 3 is 2.73 bits per heavy atom. The molecule has 1 aliphatic heterocycles. The minimum absolute atomic E-state index is 0.158. The van der Waals surface area contributed by atoms with Crippen molar-refractivity contribution in [2.45, 2.75) is 38.5 Å². The summed E-state index contributed by atoms with van der Waals surface area (Å²) in [6, 6.07) is 5.79. The highest BCUT2D eigenvalue weighted by molar-refractivity contribution is 5.80. The molecule has 0 amide bonds. The number of morpholine rings is 1. The van der Waals surface area contributed by atoms with Crippen molar-refractivity contribution >= 4 is 16.9 Å². The van der Waals surface area contributed by atoms with Crippen molar-refractivity contribution in [2.24, 2.45) is 0 Å². The van der Waals surface area contributed by atoms with Crippen molar-refractivity contribution in [1.29, 1.82) is 0 Å². The van der Waals surface area contributed by atoms with Gasteiger partial charge < -0.3 is 9.64 Å². The molecule has 9 heteroatoms. The van der Waals surface area contributed by atoms with E-state index in [9.17, 15) is 13.2 Å². The molecule has 0 N–H and O–H groups in total. The lowest BCUT2D eigenvalue weighted by Gasteiger charge is -2.34. The van der Waals surface area contributed by atoms with Crippen molar-refractivity contribution in [2.75, 3.05) is 24.6 Å². The lowest BCUT2D eigenvalue weighted by molar-refractivity contribution is -0.0934. The lowest BCUT2D eigenvalue weighted by Crippen LogP contribution is -2.39. The first-order valence-electron chi connectivity index (χ1n) is 10.7. The van der Waals surface area contributed by atoms with Crippen LogP contribution in [-0.2, 0) is 4.74 Å². The van der Waals surface area contributed by atoms with Gasteiger partial charge in [-0.25, -0.2) is 9.97 Å². The summed E-state index contributed by atoms with van der Waals surface area (Å²) in [7, 11) is 0. The second-order valence-electron chi connectivity index (χ2n) is 8.38. The number of pyridine rings is 2. The minimum Gasteiger partial charge on any atom is -0.370 e. The molecule has 3 aromatic heterocycles. The molecule has 33 heavy (non-hydrogen) atoms. The Morgan fingerprint density at radius 1 is 1.12 bits per heavy atom. The molecule has 0 spiro atoms. The van der Waals surface area contributed by atoms with Crippen LogP contribution in [0.4, 0.5) is 19.0 Å². The number of fused-ring (bicyclic) bond motifs is 1. The monoisotopic (exact) mass is 453 g/mol. The molecule has 2 unspecified atom stereocenters. The molecule has 2 atom stereocenters. The van der Waals surface area contributed by atoms with Crippen LogP contribution in [0.15, 0.2) is 48.0 Å². The summed E-state index contributed by atoms with van der Waals surface area (Å²) in [5.74, 6) is 0.103. The summed E-state index contributed by atoms with van der Waals surface area (Å²) < 4.78 is 45.7. The van der Waals surface area contributed by atoms with Gasteiger partial charge in [-0.3, -0.25) is 9.97 Å². The van der Waals surface area contributed by atoms with E-state index in [1.165, 1.54) is 6.08 Å². The van der Waals surface area contributed by atoms with Crippen molar-refractivity contribution in [1.82, 2.24) is 19.9 Å². The normalized spacial score (nSPS) is 21.0. The van der Waals surface area contributed by atoms with Gasteiger partial charge in [-0.15, -0.1) is 5.73 Å². The maximum absolute atomic E-state index is 13.2. The van der Waals surface area contributed by atoms with Gasteiger partial charge >= 0.3 is 6.18 Å². The van der Waals surface area contributed by atoms with Gasteiger partial charge in [0.2, 0.25) is 0 Å². The van der Waals surface area contributed by atoms with Crippen LogP contribution in [-0.4, -0.2) is 45.8 Å². The van der Waals surface area contributed by atoms with Gasteiger partial charge in [0.1, 0.15) is 17.4 Å². The molecule has 2 aliphatic rings. The fraction of sp³-hybridized carbons (Fsp3) is 0.375. The average molecular weight is 453 g/mol. The summed E-state index contributed by atoms with van der Waals surface area (Å²) >= 11 is 0. The number of nitrogens with zero attached hydrogens (tertiary/aromatic N) is 5. The van der Waals surface area contributed by atoms with Crippen LogP contribution >= 0.6 is 0 Å². The van der Waals surface area contributed by atoms with E-state index in [-0.39, 0.29) is 12.5 Å². The van der Waals surface area contributed by atoms with Gasteiger partial charge in [-0.2, -0.15) is 13.2 Å². The molecule has 4 heterocycles. The molecule has 1 fully saturated rings. The summed E-state index contributed by atoms with van der Waals surface area (Å²) in [6.07, 6.45) is 0.0521. The zero-order chi connectivity index (χ0) is 23.2. The van der Waals surface area contributed by atoms with Crippen LogP contribution in [0.2, 0.25) is 0 Å². The highest BCUT2D eigenvalue weighted by Gasteiger charge is 2.38. The fourth-order valence-electron chi connectivity index (χ4n) is 4.28. The van der Waals surface area contributed by atoms with Crippen molar-refractivity contribution in [3.63, 3.8) is 0 Å². The predicted molar refractivity (Wildman–Crippen MR) is 117 cm³/mol. The van der Waals surface area contributed by atoms with Gasteiger partial charge in [-0.05, 0) is 44.0 Å². The Morgan fingerprint density at radius 2 is 1.97 bits per heavy atom. The maximum atomic E-state index is 13.2. The van der Waals surface area contributed by atoms with E-state index >= 15 is 0 Å². The molecule has 1 saturated heterocycles. The third-order valence-electron chi connectivity index (χ3n) is 5.92. The first-order valence-corrected chi connectivity index (χ1v) is 10.7. The molecule has 5 rings (SSSR count). The molecule has 6 nitrogen and oxygen atoms in total. The Labute approximate surface area is 188 Å². The molecular formula is C24H22F3N5O. The number of alkyl halides is 3. The van der Waals surface area contributed by atoms with Crippen LogP contribution in [0.25, 0.3) is 11.0 Å². The van der Waals surface area contributed by atoms with E-state index in [1.54, 1.807) is 12.4 Å². The van der Waals surface area contributed by atoms with E-state index < -0.39 is 17.7 Å². The number of allylic oxidation sites excluding steroid dienone is 1. The molecule has 3 aromatic rings. The Bertz CT molecular complexity index is 1280. The highest BCUT2D eigenvalue weighted by Crippen LogP contribution is 2.39. The predicted octanol–water partition coefficient (Wildman–Crippen LogP) is 4.75. The SMILES string of the molecule is Cc1cc(C2CN(c3cc4nc(C)cnc4c(C4C=C=C(C(F)(F)F)C4)n3)CCO2)ccn1. The number of rotatable bonds is 3. The van der Waals surface area contributed by atoms with E-state index in [0.29, 0.717) is 42.2 Å². The summed E-state index contributed by atoms with van der Waals surface area (Å²) in [4.78, 5) is 20.2. The molecule has 1 aliphatic carbocycles. The first-order chi connectivity index (χ1) is 15.8. The molecule has 170 valence electrons. The smallest absolute Gasteiger partial charge is 0.370 e. The fourth-order valence-corrected chi connectivity index (χ4v) is 4.28. The second-order valence-corrected chi connectivity index (χ2v) is 8.38. The van der Waals surface area contributed by atoms with Crippen LogP contribution in [0.1, 0.15) is 41.1 Å². The van der Waals surface area contributed by atoms with Gasteiger partial charge in [0, 0.05) is 43.2 Å². The van der Waals surface area contributed by atoms with E-state index in [2.05, 4.69) is 25.6 Å². The molecule has 0 aromatic carbocycles. The molecular weight excluding hydrogens is 431 g/mol. The standard InChI is InChI=1S/C24H22F3N5O/c1-14-9-16(5-6-28-14)20-13-32(7-8-33-20)21-11-19-23(29-12-15(2)30-19)22(31-21)17-3-4-18(10-17)24(25,26)27/h3,5-6,9,11-12,17,20H,7-8,10,13H2,1-2H3. The quantitative estimate of drug-likeness (QED) is 0.534. The van der Waals surface area contributed by atoms with E-state index in [1.807, 2.05) is 32.0 Å². The summed E-state index contributed by atoms with van der Waals surface area (Å²) in [5, 5.41) is 0. The molecule has 0 radical (unpaired) electrons. The van der Waals surface area contributed by atoms with Crippen LogP contribution in [0.5, 0.6) is 0 Å². The Balaban J connectivity index is 1.51. The van der Waals surface area contributed by atoms with Crippen LogP contribution in [0.3, 0.4) is 0 Å². The number of ether oxygens (including phenoxy) is 1. The van der Waals surface area contributed by atoms with Gasteiger partial charge in [-0.1, -0.05) is 0 Å². The van der Waals surface area contributed by atoms with Crippen LogP contribution in [0, 0.1) is 13.8 Å². The number of hydrogen-bond acceptors (Lipinski definition) is 6. The number of hydrogen-bond donors (Lipinski definition) is 0. The summed E-state index contributed by atoms with van der Waals surface area (Å²) in [6.45, 7) is 5.45. The summed E-state index contributed by atoms with van der Waals surface area (Å²) in [5.41, 5.74) is 6.01. The Kier molecular flexibility index (Phi) is 5.38. The van der Waals surface area contributed by atoms with Gasteiger partial charge in [0.05, 0.1) is 29.1 Å². The van der Waals surface area contributed by atoms with E-state index in [4.69, 9.17) is 9.72 Å². The molecule has 0 saturated carbocycles. The van der Waals surface area contributed by atoms with Gasteiger partial charge in [0.15, 0.2) is 0 Å². The maximum Gasteiger partial charge on any atom is 0.419 e. The number of aryl methyl sites for hydroxylation is 2. The van der Waals surface area contributed by atoms with Gasteiger partial charge in [0.25, 0.3) is 0 Å².